The lowest BCUT2D eigenvalue weighted by molar-refractivity contribution is 0.192. The minimum absolute atomic E-state index is 0.0681. The molecule has 3 atom stereocenters. The van der Waals surface area contributed by atoms with Crippen LogP contribution in [0.1, 0.15) is 50.4 Å². The number of benzene rings is 1. The summed E-state index contributed by atoms with van der Waals surface area (Å²) in [5, 5.41) is 1.24. The summed E-state index contributed by atoms with van der Waals surface area (Å²) < 4.78 is 0. The van der Waals surface area contributed by atoms with Crippen LogP contribution in [0.3, 0.4) is 0 Å². The Morgan fingerprint density at radius 3 is 2.48 bits per heavy atom. The second kappa shape index (κ2) is 5.76. The number of aryl methyl sites for hydroxylation is 1. The minimum atomic E-state index is 0.0681. The molecule has 1 saturated carbocycles. The molecule has 2 heteroatoms. The summed E-state index contributed by atoms with van der Waals surface area (Å²) >= 11 is 0. The van der Waals surface area contributed by atoms with Gasteiger partial charge in [-0.2, -0.15) is 0 Å². The lowest BCUT2D eigenvalue weighted by Crippen LogP contribution is -2.30. The van der Waals surface area contributed by atoms with E-state index in [-0.39, 0.29) is 6.04 Å². The summed E-state index contributed by atoms with van der Waals surface area (Å²) in [5.74, 6) is 2.13. The van der Waals surface area contributed by atoms with E-state index in [1.807, 2.05) is 0 Å². The molecule has 0 bridgehead atoms. The van der Waals surface area contributed by atoms with Crippen LogP contribution in [0.15, 0.2) is 30.3 Å². The van der Waals surface area contributed by atoms with Crippen molar-refractivity contribution in [1.29, 1.82) is 0 Å². The first kappa shape index (κ1) is 14.5. The fourth-order valence-corrected chi connectivity index (χ4v) is 4.09. The third-order valence-electron chi connectivity index (χ3n) is 5.01. The predicted molar refractivity (Wildman–Crippen MR) is 89.1 cm³/mol. The first-order valence-corrected chi connectivity index (χ1v) is 8.16. The van der Waals surface area contributed by atoms with E-state index < -0.39 is 0 Å². The van der Waals surface area contributed by atoms with Gasteiger partial charge in [0.05, 0.1) is 11.2 Å². The Balaban J connectivity index is 1.92. The Labute approximate surface area is 127 Å². The number of nitrogens with zero attached hydrogens (tertiary/aromatic N) is 1. The molecule has 0 aliphatic heterocycles. The van der Waals surface area contributed by atoms with Gasteiger partial charge in [-0.25, -0.2) is 0 Å². The molecule has 2 nitrogen and oxygen atoms in total. The van der Waals surface area contributed by atoms with Gasteiger partial charge in [0.25, 0.3) is 0 Å². The van der Waals surface area contributed by atoms with Crippen LogP contribution in [0.2, 0.25) is 0 Å². The topological polar surface area (TPSA) is 38.9 Å². The van der Waals surface area contributed by atoms with E-state index in [4.69, 9.17) is 10.7 Å². The maximum absolute atomic E-state index is 6.59. The number of pyridine rings is 1. The van der Waals surface area contributed by atoms with E-state index >= 15 is 0 Å². The first-order chi connectivity index (χ1) is 10.0. The molecule has 3 rings (SSSR count). The average molecular weight is 282 g/mol. The van der Waals surface area contributed by atoms with E-state index in [9.17, 15) is 0 Å². The molecule has 2 aromatic rings. The Morgan fingerprint density at radius 1 is 1.10 bits per heavy atom. The van der Waals surface area contributed by atoms with Gasteiger partial charge in [0, 0.05) is 11.4 Å². The molecule has 0 radical (unpaired) electrons. The molecule has 1 aromatic carbocycles. The highest BCUT2D eigenvalue weighted by Gasteiger charge is 2.29. The molecular weight excluding hydrogens is 256 g/mol. The maximum Gasteiger partial charge on any atom is 0.0708 e. The average Bonchev–Trinajstić information content (AvgIpc) is 2.45. The van der Waals surface area contributed by atoms with Crippen LogP contribution in [0, 0.1) is 24.7 Å². The van der Waals surface area contributed by atoms with Crippen molar-refractivity contribution in [3.05, 3.63) is 41.6 Å². The first-order valence-electron chi connectivity index (χ1n) is 8.16. The quantitative estimate of drug-likeness (QED) is 0.873. The highest BCUT2D eigenvalue weighted by molar-refractivity contribution is 5.82. The number of fused-ring (bicyclic) bond motifs is 1. The maximum atomic E-state index is 6.59. The van der Waals surface area contributed by atoms with Crippen molar-refractivity contribution in [3.8, 4) is 0 Å². The van der Waals surface area contributed by atoms with Crippen LogP contribution in [0.4, 0.5) is 0 Å². The molecule has 2 N–H and O–H groups in total. The van der Waals surface area contributed by atoms with Crippen LogP contribution in [-0.4, -0.2) is 4.98 Å². The number of aromatic nitrogens is 1. The highest BCUT2D eigenvalue weighted by atomic mass is 14.8. The van der Waals surface area contributed by atoms with E-state index in [1.165, 1.54) is 30.2 Å². The second-order valence-corrected chi connectivity index (χ2v) is 7.08. The lowest BCUT2D eigenvalue weighted by Gasteiger charge is -2.34. The minimum Gasteiger partial charge on any atom is -0.322 e. The SMILES string of the molecule is Cc1cc(C(N)C2CC(C)CC(C)C2)nc2ccccc12. The van der Waals surface area contributed by atoms with Gasteiger partial charge in [-0.3, -0.25) is 4.98 Å². The van der Waals surface area contributed by atoms with Crippen LogP contribution in [0.25, 0.3) is 10.9 Å². The van der Waals surface area contributed by atoms with Gasteiger partial charge in [0.1, 0.15) is 0 Å². The van der Waals surface area contributed by atoms with Crippen molar-refractivity contribution in [2.45, 2.75) is 46.1 Å². The monoisotopic (exact) mass is 282 g/mol. The Bertz CT molecular complexity index is 624. The summed E-state index contributed by atoms with van der Waals surface area (Å²) in [7, 11) is 0. The smallest absolute Gasteiger partial charge is 0.0708 e. The Kier molecular flexibility index (Phi) is 3.99. The molecule has 112 valence electrons. The molecule has 0 amide bonds. The number of nitrogens with two attached hydrogens (primary N) is 1. The third kappa shape index (κ3) is 2.96. The predicted octanol–water partition coefficient (Wildman–Crippen LogP) is 4.62. The molecular formula is C19H26N2. The van der Waals surface area contributed by atoms with Gasteiger partial charge in [-0.1, -0.05) is 32.0 Å². The Morgan fingerprint density at radius 2 is 1.76 bits per heavy atom. The van der Waals surface area contributed by atoms with Gasteiger partial charge in [0.2, 0.25) is 0 Å². The third-order valence-corrected chi connectivity index (χ3v) is 5.01. The Hall–Kier alpha value is -1.41. The second-order valence-electron chi connectivity index (χ2n) is 7.08. The molecule has 0 saturated heterocycles. The molecule has 21 heavy (non-hydrogen) atoms. The fraction of sp³-hybridized carbons (Fsp3) is 0.526. The lowest BCUT2D eigenvalue weighted by atomic mass is 9.73. The van der Waals surface area contributed by atoms with Crippen molar-refractivity contribution in [3.63, 3.8) is 0 Å². The largest absolute Gasteiger partial charge is 0.322 e. The van der Waals surface area contributed by atoms with E-state index in [2.05, 4.69) is 51.1 Å². The standard InChI is InChI=1S/C19H26N2/c1-12-8-13(2)10-15(9-12)19(20)18-11-14(3)16-6-4-5-7-17(16)21-18/h4-7,11-13,15,19H,8-10,20H2,1-3H3. The number of rotatable bonds is 2. The van der Waals surface area contributed by atoms with E-state index in [1.54, 1.807) is 0 Å². The molecule has 1 heterocycles. The van der Waals surface area contributed by atoms with Crippen LogP contribution >= 0.6 is 0 Å². The van der Waals surface area contributed by atoms with Crippen molar-refractivity contribution >= 4 is 10.9 Å². The van der Waals surface area contributed by atoms with Crippen molar-refractivity contribution < 1.29 is 0 Å². The van der Waals surface area contributed by atoms with Crippen LogP contribution in [-0.2, 0) is 0 Å². The number of hydrogen-bond acceptors (Lipinski definition) is 2. The zero-order chi connectivity index (χ0) is 15.0. The van der Waals surface area contributed by atoms with Crippen molar-refractivity contribution in [2.75, 3.05) is 0 Å². The number of para-hydroxylation sites is 1. The number of hydrogen-bond donors (Lipinski definition) is 1. The summed E-state index contributed by atoms with van der Waals surface area (Å²) in [6.07, 6.45) is 3.81. The normalized spacial score (nSPS) is 27.7. The molecule has 1 aliphatic carbocycles. The van der Waals surface area contributed by atoms with Gasteiger partial charge in [0.15, 0.2) is 0 Å². The fourth-order valence-electron chi connectivity index (χ4n) is 4.09. The van der Waals surface area contributed by atoms with Crippen molar-refractivity contribution in [1.82, 2.24) is 4.98 Å². The van der Waals surface area contributed by atoms with Gasteiger partial charge in [-0.05, 0) is 61.6 Å². The summed E-state index contributed by atoms with van der Waals surface area (Å²) in [6.45, 7) is 6.87. The molecule has 0 spiro atoms. The van der Waals surface area contributed by atoms with Crippen LogP contribution < -0.4 is 5.73 Å². The molecule has 1 fully saturated rings. The summed E-state index contributed by atoms with van der Waals surface area (Å²) in [6, 6.07) is 10.6. The highest BCUT2D eigenvalue weighted by Crippen LogP contribution is 2.38. The molecule has 1 aromatic heterocycles. The van der Waals surface area contributed by atoms with E-state index in [0.717, 1.165) is 23.0 Å². The molecule has 3 unspecified atom stereocenters. The van der Waals surface area contributed by atoms with Gasteiger partial charge < -0.3 is 5.73 Å². The zero-order valence-corrected chi connectivity index (χ0v) is 13.3. The van der Waals surface area contributed by atoms with Crippen molar-refractivity contribution in [2.24, 2.45) is 23.5 Å². The van der Waals surface area contributed by atoms with E-state index in [0.29, 0.717) is 5.92 Å². The van der Waals surface area contributed by atoms with Crippen LogP contribution in [0.5, 0.6) is 0 Å². The zero-order valence-electron chi connectivity index (χ0n) is 13.3. The summed E-state index contributed by atoms with van der Waals surface area (Å²) in [4.78, 5) is 4.84. The van der Waals surface area contributed by atoms with Gasteiger partial charge in [-0.15, -0.1) is 0 Å². The van der Waals surface area contributed by atoms with Gasteiger partial charge >= 0.3 is 0 Å². The molecule has 1 aliphatic rings. The summed E-state index contributed by atoms with van der Waals surface area (Å²) in [5.41, 5.74) is 10.0.